The molecule has 0 spiro atoms. The van der Waals surface area contributed by atoms with Gasteiger partial charge in [-0.05, 0) is 61.0 Å². The van der Waals surface area contributed by atoms with E-state index in [4.69, 9.17) is 21.1 Å². The van der Waals surface area contributed by atoms with Crippen LogP contribution in [0.5, 0.6) is 11.6 Å². The number of aromatic nitrogens is 1. The number of anilines is 1. The Labute approximate surface area is 186 Å². The van der Waals surface area contributed by atoms with Crippen molar-refractivity contribution >= 4 is 34.2 Å². The fourth-order valence-corrected chi connectivity index (χ4v) is 4.18. The predicted octanol–water partition coefficient (Wildman–Crippen LogP) is 4.28. The molecule has 0 radical (unpaired) electrons. The van der Waals surface area contributed by atoms with Crippen molar-refractivity contribution in [1.82, 2.24) is 4.98 Å². The molecule has 0 fully saturated rings. The molecule has 0 aliphatic rings. The number of pyridine rings is 1. The Balaban J connectivity index is 2.49. The molecule has 1 aromatic carbocycles. The number of hydrogen-bond acceptors (Lipinski definition) is 6. The molecule has 164 valence electrons. The van der Waals surface area contributed by atoms with Crippen LogP contribution in [0.4, 0.5) is 5.69 Å². The number of aliphatic hydroxyl groups is 1. The van der Waals surface area contributed by atoms with E-state index >= 15 is 0 Å². The lowest BCUT2D eigenvalue weighted by atomic mass is 10.1. The number of ether oxygens (including phenoxy) is 2. The molecule has 2 rings (SSSR count). The fraction of sp³-hybridized carbons (Fsp3) is 0.455. The first-order chi connectivity index (χ1) is 14.2. The molecule has 0 aliphatic heterocycles. The number of halogens is 1. The summed E-state index contributed by atoms with van der Waals surface area (Å²) in [5.41, 5.74) is 3.06. The summed E-state index contributed by atoms with van der Waals surface area (Å²) in [7, 11) is 1.57. The van der Waals surface area contributed by atoms with Gasteiger partial charge in [0.25, 0.3) is 0 Å². The number of benzene rings is 1. The van der Waals surface area contributed by atoms with Crippen LogP contribution in [0.25, 0.3) is 0 Å². The maximum absolute atomic E-state index is 12.7. The zero-order valence-corrected chi connectivity index (χ0v) is 19.9. The number of carbonyl (C=O) groups excluding carboxylic acids is 1. The first kappa shape index (κ1) is 24.3. The highest BCUT2D eigenvalue weighted by molar-refractivity contribution is 7.95. The third-order valence-electron chi connectivity index (χ3n) is 4.58. The summed E-state index contributed by atoms with van der Waals surface area (Å²) in [6.45, 7) is 5.54. The standard InChI is InChI=1S/C22H29ClN2O4S/c1-13-9-16(23)10-14(2)20(13)29-21-19(22(27)28-4)18(11-15(3)24-21)25-17(12-26)7-8-30(5)6/h9-11,17,26H,7-8,12H2,1-6H3/p+1. The molecule has 2 aromatic rings. The lowest BCUT2D eigenvalue weighted by Crippen LogP contribution is -2.28. The second-order valence-electron chi connectivity index (χ2n) is 7.46. The first-order valence-electron chi connectivity index (χ1n) is 9.62. The number of rotatable bonds is 9. The molecule has 1 aromatic heterocycles. The molecular formula is C22H30ClN2O4S+. The van der Waals surface area contributed by atoms with E-state index in [0.29, 0.717) is 22.2 Å². The van der Waals surface area contributed by atoms with Gasteiger partial charge in [0, 0.05) is 17.1 Å². The van der Waals surface area contributed by atoms with Crippen LogP contribution in [0.1, 0.15) is 33.6 Å². The van der Waals surface area contributed by atoms with E-state index in [1.807, 2.05) is 20.8 Å². The average molecular weight is 454 g/mol. The largest absolute Gasteiger partial charge is 0.465 e. The van der Waals surface area contributed by atoms with Crippen molar-refractivity contribution in [2.75, 3.05) is 37.3 Å². The average Bonchev–Trinajstić information content (AvgIpc) is 2.66. The lowest BCUT2D eigenvalue weighted by molar-refractivity contribution is 0.0598. The maximum atomic E-state index is 12.7. The minimum absolute atomic E-state index is 0.0508. The Bertz CT molecular complexity index is 882. The van der Waals surface area contributed by atoms with Crippen LogP contribution >= 0.6 is 11.6 Å². The van der Waals surface area contributed by atoms with Crippen molar-refractivity contribution in [1.29, 1.82) is 0 Å². The van der Waals surface area contributed by atoms with Gasteiger partial charge in [-0.2, -0.15) is 0 Å². The number of hydrogen-bond donors (Lipinski definition) is 2. The summed E-state index contributed by atoms with van der Waals surface area (Å²) in [6.07, 6.45) is 5.10. The van der Waals surface area contributed by atoms with E-state index in [-0.39, 0.29) is 35.0 Å². The summed E-state index contributed by atoms with van der Waals surface area (Å²) < 4.78 is 11.1. The summed E-state index contributed by atoms with van der Waals surface area (Å²) in [5.74, 6) is 1.16. The number of aryl methyl sites for hydroxylation is 3. The van der Waals surface area contributed by atoms with Gasteiger partial charge in [-0.1, -0.05) is 11.6 Å². The van der Waals surface area contributed by atoms with Crippen LogP contribution in [-0.4, -0.2) is 54.1 Å². The number of esters is 1. The number of nitrogens with one attached hydrogen (secondary N) is 1. The van der Waals surface area contributed by atoms with Crippen LogP contribution in [0.3, 0.4) is 0 Å². The van der Waals surface area contributed by atoms with Crippen molar-refractivity contribution in [3.63, 3.8) is 0 Å². The van der Waals surface area contributed by atoms with E-state index in [2.05, 4.69) is 22.8 Å². The highest BCUT2D eigenvalue weighted by atomic mass is 35.5. The zero-order valence-electron chi connectivity index (χ0n) is 18.3. The van der Waals surface area contributed by atoms with E-state index < -0.39 is 5.97 Å². The van der Waals surface area contributed by atoms with Crippen LogP contribution in [0.15, 0.2) is 18.2 Å². The Morgan fingerprint density at radius 2 is 1.87 bits per heavy atom. The predicted molar refractivity (Wildman–Crippen MR) is 125 cm³/mol. The van der Waals surface area contributed by atoms with Gasteiger partial charge in [-0.3, -0.25) is 0 Å². The molecular weight excluding hydrogens is 424 g/mol. The smallest absolute Gasteiger partial charge is 0.345 e. The minimum atomic E-state index is -0.563. The van der Waals surface area contributed by atoms with Gasteiger partial charge >= 0.3 is 5.97 Å². The number of aliphatic hydroxyl groups excluding tert-OH is 1. The summed E-state index contributed by atoms with van der Waals surface area (Å²) >= 11 is 6.13. The maximum Gasteiger partial charge on any atom is 0.345 e. The van der Waals surface area contributed by atoms with Crippen molar-refractivity contribution < 1.29 is 19.4 Å². The van der Waals surface area contributed by atoms with Gasteiger partial charge < -0.3 is 19.9 Å². The molecule has 6 nitrogen and oxygen atoms in total. The third kappa shape index (κ3) is 6.27. The van der Waals surface area contributed by atoms with Crippen molar-refractivity contribution in [3.05, 3.63) is 45.6 Å². The van der Waals surface area contributed by atoms with Crippen LogP contribution in [0.2, 0.25) is 5.02 Å². The van der Waals surface area contributed by atoms with E-state index in [9.17, 15) is 9.90 Å². The number of carbonyl (C=O) groups is 1. The third-order valence-corrected chi connectivity index (χ3v) is 5.85. The highest BCUT2D eigenvalue weighted by Gasteiger charge is 2.24. The molecule has 30 heavy (non-hydrogen) atoms. The fourth-order valence-electron chi connectivity index (χ4n) is 3.09. The Morgan fingerprint density at radius 3 is 2.40 bits per heavy atom. The van der Waals surface area contributed by atoms with Gasteiger partial charge in [-0.15, -0.1) is 0 Å². The van der Waals surface area contributed by atoms with E-state index in [0.717, 1.165) is 23.3 Å². The number of methoxy groups -OCH3 is 1. The molecule has 1 atom stereocenters. The molecule has 1 unspecified atom stereocenters. The topological polar surface area (TPSA) is 80.7 Å². The molecule has 0 aliphatic carbocycles. The summed E-state index contributed by atoms with van der Waals surface area (Å²) in [5, 5.41) is 13.7. The SMILES string of the molecule is COC(=O)c1c(NC(CO)CC[S+](C)C)cc(C)nc1Oc1c(C)cc(Cl)cc1C. The monoisotopic (exact) mass is 453 g/mol. The van der Waals surface area contributed by atoms with Gasteiger partial charge in [0.2, 0.25) is 5.88 Å². The van der Waals surface area contributed by atoms with E-state index in [1.54, 1.807) is 18.2 Å². The van der Waals surface area contributed by atoms with Gasteiger partial charge in [0.1, 0.15) is 17.1 Å². The first-order valence-corrected chi connectivity index (χ1v) is 12.2. The van der Waals surface area contributed by atoms with Crippen molar-refractivity contribution in [2.24, 2.45) is 0 Å². The molecule has 1 heterocycles. The minimum Gasteiger partial charge on any atom is -0.465 e. The molecule has 2 N–H and O–H groups in total. The molecule has 0 bridgehead atoms. The summed E-state index contributed by atoms with van der Waals surface area (Å²) in [4.78, 5) is 17.1. The van der Waals surface area contributed by atoms with Gasteiger partial charge in [0.05, 0.1) is 38.0 Å². The Hall–Kier alpha value is -1.96. The normalized spacial score (nSPS) is 12.0. The van der Waals surface area contributed by atoms with Crippen LogP contribution in [-0.2, 0) is 15.6 Å². The molecule has 0 saturated heterocycles. The second kappa shape index (κ2) is 10.9. The van der Waals surface area contributed by atoms with Crippen molar-refractivity contribution in [3.8, 4) is 11.6 Å². The quantitative estimate of drug-likeness (QED) is 0.435. The van der Waals surface area contributed by atoms with Gasteiger partial charge in [-0.25, -0.2) is 9.78 Å². The molecule has 0 saturated carbocycles. The Kier molecular flexibility index (Phi) is 8.82. The van der Waals surface area contributed by atoms with Crippen LogP contribution < -0.4 is 10.1 Å². The molecule has 8 heteroatoms. The highest BCUT2D eigenvalue weighted by Crippen LogP contribution is 2.35. The van der Waals surface area contributed by atoms with Crippen molar-refractivity contribution in [2.45, 2.75) is 33.2 Å². The Morgan fingerprint density at radius 1 is 1.23 bits per heavy atom. The van der Waals surface area contributed by atoms with Crippen LogP contribution in [0, 0.1) is 20.8 Å². The van der Waals surface area contributed by atoms with Gasteiger partial charge in [0.15, 0.2) is 0 Å². The number of nitrogens with zero attached hydrogens (tertiary/aromatic N) is 1. The zero-order chi connectivity index (χ0) is 22.4. The van der Waals surface area contributed by atoms with E-state index in [1.165, 1.54) is 7.11 Å². The molecule has 0 amide bonds. The summed E-state index contributed by atoms with van der Waals surface area (Å²) in [6, 6.07) is 5.16. The lowest BCUT2D eigenvalue weighted by Gasteiger charge is -2.21. The second-order valence-corrected chi connectivity index (χ2v) is 10.3.